The van der Waals surface area contributed by atoms with E-state index in [9.17, 15) is 4.79 Å². The van der Waals surface area contributed by atoms with Gasteiger partial charge in [-0.25, -0.2) is 0 Å². The third-order valence-electron chi connectivity index (χ3n) is 3.87. The van der Waals surface area contributed by atoms with E-state index in [2.05, 4.69) is 6.92 Å². The van der Waals surface area contributed by atoms with Crippen LogP contribution in [0.25, 0.3) is 0 Å². The fourth-order valence-corrected chi connectivity index (χ4v) is 2.59. The van der Waals surface area contributed by atoms with E-state index in [-0.39, 0.29) is 12.4 Å². The molecule has 2 aliphatic rings. The number of hydrogen-bond donors (Lipinski definition) is 1. The minimum absolute atomic E-state index is 0. The summed E-state index contributed by atoms with van der Waals surface area (Å²) in [6, 6.07) is 0.365. The molecule has 1 saturated heterocycles. The summed E-state index contributed by atoms with van der Waals surface area (Å²) >= 11 is 0. The quantitative estimate of drug-likeness (QED) is 0.808. The first-order valence-electron chi connectivity index (χ1n) is 6.18. The van der Waals surface area contributed by atoms with Gasteiger partial charge < -0.3 is 10.6 Å². The SMILES string of the molecule is CC1CCN(C(=O)C[C@H]2C[C@@H](N)C2)CC1.Cl. The van der Waals surface area contributed by atoms with E-state index in [0.29, 0.717) is 17.9 Å². The highest BCUT2D eigenvalue weighted by Gasteiger charge is 2.30. The second-order valence-electron chi connectivity index (χ2n) is 5.36. The Morgan fingerprint density at radius 3 is 2.38 bits per heavy atom. The third kappa shape index (κ3) is 3.36. The van der Waals surface area contributed by atoms with Crippen molar-refractivity contribution in [1.29, 1.82) is 0 Å². The summed E-state index contributed by atoms with van der Waals surface area (Å²) < 4.78 is 0. The number of halogens is 1. The molecule has 1 saturated carbocycles. The number of nitrogens with zero attached hydrogens (tertiary/aromatic N) is 1. The molecule has 0 unspecified atom stereocenters. The molecule has 2 rings (SSSR count). The van der Waals surface area contributed by atoms with Crippen LogP contribution in [0.1, 0.15) is 39.0 Å². The van der Waals surface area contributed by atoms with Crippen LogP contribution in [0.2, 0.25) is 0 Å². The van der Waals surface area contributed by atoms with Crippen molar-refractivity contribution in [3.63, 3.8) is 0 Å². The van der Waals surface area contributed by atoms with Crippen LogP contribution in [0.5, 0.6) is 0 Å². The molecule has 2 N–H and O–H groups in total. The summed E-state index contributed by atoms with van der Waals surface area (Å²) in [5, 5.41) is 0. The fourth-order valence-electron chi connectivity index (χ4n) is 2.59. The Morgan fingerprint density at radius 2 is 1.88 bits per heavy atom. The highest BCUT2D eigenvalue weighted by molar-refractivity contribution is 5.85. The minimum atomic E-state index is 0. The zero-order valence-electron chi connectivity index (χ0n) is 10.0. The van der Waals surface area contributed by atoms with E-state index in [4.69, 9.17) is 5.73 Å². The summed E-state index contributed by atoms with van der Waals surface area (Å²) in [4.78, 5) is 13.9. The first kappa shape index (κ1) is 13.8. The van der Waals surface area contributed by atoms with Gasteiger partial charge in [0.15, 0.2) is 0 Å². The second-order valence-corrected chi connectivity index (χ2v) is 5.36. The Balaban J connectivity index is 0.00000128. The third-order valence-corrected chi connectivity index (χ3v) is 3.87. The number of carbonyl (C=O) groups excluding carboxylic acids is 1. The van der Waals surface area contributed by atoms with Gasteiger partial charge in [0.05, 0.1) is 0 Å². The molecule has 3 nitrogen and oxygen atoms in total. The monoisotopic (exact) mass is 246 g/mol. The molecule has 1 amide bonds. The van der Waals surface area contributed by atoms with E-state index in [1.807, 2.05) is 4.90 Å². The van der Waals surface area contributed by atoms with Crippen LogP contribution < -0.4 is 5.73 Å². The molecule has 94 valence electrons. The Kier molecular flexibility index (Phi) is 5.06. The summed E-state index contributed by atoms with van der Waals surface area (Å²) in [5.41, 5.74) is 5.72. The van der Waals surface area contributed by atoms with Crippen LogP contribution in [0.15, 0.2) is 0 Å². The highest BCUT2D eigenvalue weighted by Crippen LogP contribution is 2.29. The van der Waals surface area contributed by atoms with E-state index in [1.54, 1.807) is 0 Å². The van der Waals surface area contributed by atoms with Crippen LogP contribution in [-0.4, -0.2) is 29.9 Å². The predicted octanol–water partition coefficient (Wildman–Crippen LogP) is 1.79. The molecule has 0 radical (unpaired) electrons. The first-order chi connectivity index (χ1) is 7.15. The van der Waals surface area contributed by atoms with Crippen molar-refractivity contribution in [1.82, 2.24) is 4.90 Å². The molecule has 1 aliphatic heterocycles. The second kappa shape index (κ2) is 5.87. The summed E-state index contributed by atoms with van der Waals surface area (Å²) in [5.74, 6) is 1.73. The lowest BCUT2D eigenvalue weighted by Crippen LogP contribution is -2.42. The van der Waals surface area contributed by atoms with Crippen molar-refractivity contribution >= 4 is 18.3 Å². The van der Waals surface area contributed by atoms with Crippen LogP contribution in [0, 0.1) is 11.8 Å². The van der Waals surface area contributed by atoms with Gasteiger partial charge in [0.2, 0.25) is 5.91 Å². The summed E-state index contributed by atoms with van der Waals surface area (Å²) in [7, 11) is 0. The molecule has 16 heavy (non-hydrogen) atoms. The maximum absolute atomic E-state index is 11.9. The number of hydrogen-bond acceptors (Lipinski definition) is 2. The smallest absolute Gasteiger partial charge is 0.222 e. The lowest BCUT2D eigenvalue weighted by Gasteiger charge is -2.35. The molecule has 0 aromatic carbocycles. The maximum Gasteiger partial charge on any atom is 0.222 e. The molecule has 0 spiro atoms. The molecule has 0 aromatic rings. The van der Waals surface area contributed by atoms with E-state index < -0.39 is 0 Å². The van der Waals surface area contributed by atoms with Crippen molar-refractivity contribution in [3.8, 4) is 0 Å². The Labute approximate surface area is 104 Å². The van der Waals surface area contributed by atoms with Gasteiger partial charge in [-0.3, -0.25) is 4.79 Å². The zero-order chi connectivity index (χ0) is 10.8. The molecule has 1 aliphatic carbocycles. The zero-order valence-corrected chi connectivity index (χ0v) is 10.8. The lowest BCUT2D eigenvalue weighted by atomic mass is 9.78. The van der Waals surface area contributed by atoms with Gasteiger partial charge in [-0.15, -0.1) is 12.4 Å². The number of amides is 1. The Morgan fingerprint density at radius 1 is 1.31 bits per heavy atom. The van der Waals surface area contributed by atoms with Crippen molar-refractivity contribution < 1.29 is 4.79 Å². The molecule has 0 aromatic heterocycles. The number of rotatable bonds is 2. The predicted molar refractivity (Wildman–Crippen MR) is 67.5 cm³/mol. The summed E-state index contributed by atoms with van der Waals surface area (Å²) in [6.45, 7) is 4.21. The van der Waals surface area contributed by atoms with Crippen LogP contribution >= 0.6 is 12.4 Å². The van der Waals surface area contributed by atoms with Gasteiger partial charge >= 0.3 is 0 Å². The molecule has 4 heteroatoms. The van der Waals surface area contributed by atoms with Crippen molar-refractivity contribution in [2.24, 2.45) is 17.6 Å². The Bertz CT molecular complexity index is 233. The number of nitrogens with two attached hydrogens (primary N) is 1. The van der Waals surface area contributed by atoms with Crippen molar-refractivity contribution in [2.45, 2.75) is 45.1 Å². The molecule has 2 fully saturated rings. The normalized spacial score (nSPS) is 30.5. The average Bonchev–Trinajstić information content (AvgIpc) is 2.16. The average molecular weight is 247 g/mol. The Hall–Kier alpha value is -0.280. The number of carbonyl (C=O) groups is 1. The molecule has 1 heterocycles. The lowest BCUT2D eigenvalue weighted by molar-refractivity contribution is -0.134. The van der Waals surface area contributed by atoms with Gasteiger partial charge in [0.25, 0.3) is 0 Å². The van der Waals surface area contributed by atoms with Gasteiger partial charge in [-0.1, -0.05) is 6.92 Å². The molecular formula is C12H23ClN2O. The highest BCUT2D eigenvalue weighted by atomic mass is 35.5. The molecule has 0 atom stereocenters. The number of piperidine rings is 1. The minimum Gasteiger partial charge on any atom is -0.343 e. The van der Waals surface area contributed by atoms with Gasteiger partial charge in [0.1, 0.15) is 0 Å². The van der Waals surface area contributed by atoms with Crippen molar-refractivity contribution in [2.75, 3.05) is 13.1 Å². The fraction of sp³-hybridized carbons (Fsp3) is 0.917. The largest absolute Gasteiger partial charge is 0.343 e. The van der Waals surface area contributed by atoms with E-state index in [1.165, 1.54) is 12.8 Å². The topological polar surface area (TPSA) is 46.3 Å². The number of likely N-dealkylation sites (tertiary alicyclic amines) is 1. The van der Waals surface area contributed by atoms with Crippen LogP contribution in [-0.2, 0) is 4.79 Å². The maximum atomic E-state index is 11.9. The van der Waals surface area contributed by atoms with Crippen LogP contribution in [0.3, 0.4) is 0 Å². The standard InChI is InChI=1S/C12H22N2O.ClH/c1-9-2-4-14(5-3-9)12(15)8-10-6-11(13)7-10;/h9-11H,2-8,13H2,1H3;1H/t10-,11+;. The van der Waals surface area contributed by atoms with E-state index in [0.717, 1.165) is 38.3 Å². The molecule has 0 bridgehead atoms. The van der Waals surface area contributed by atoms with Crippen LogP contribution in [0.4, 0.5) is 0 Å². The van der Waals surface area contributed by atoms with Crippen molar-refractivity contribution in [3.05, 3.63) is 0 Å². The summed E-state index contributed by atoms with van der Waals surface area (Å²) in [6.07, 6.45) is 5.19. The first-order valence-corrected chi connectivity index (χ1v) is 6.18. The van der Waals surface area contributed by atoms with E-state index >= 15 is 0 Å². The van der Waals surface area contributed by atoms with Gasteiger partial charge in [-0.2, -0.15) is 0 Å². The van der Waals surface area contributed by atoms with Gasteiger partial charge in [-0.05, 0) is 37.5 Å². The molecular weight excluding hydrogens is 224 g/mol. The van der Waals surface area contributed by atoms with Gasteiger partial charge in [0, 0.05) is 25.6 Å².